The molecule has 0 aromatic carbocycles. The molecule has 0 aliphatic heterocycles. The Labute approximate surface area is 129 Å². The van der Waals surface area contributed by atoms with Gasteiger partial charge >= 0.3 is 0 Å². The average molecular weight is 306 g/mol. The molecule has 0 atom stereocenters. The van der Waals surface area contributed by atoms with Crippen LogP contribution in [0.25, 0.3) is 10.2 Å². The predicted molar refractivity (Wildman–Crippen MR) is 86.7 cm³/mol. The summed E-state index contributed by atoms with van der Waals surface area (Å²) in [4.78, 5) is 12.7. The van der Waals surface area contributed by atoms with Crippen LogP contribution in [-0.2, 0) is 6.54 Å². The van der Waals surface area contributed by atoms with Crippen molar-refractivity contribution in [2.45, 2.75) is 38.8 Å². The van der Waals surface area contributed by atoms with Gasteiger partial charge in [-0.25, -0.2) is 9.97 Å². The predicted octanol–water partition coefficient (Wildman–Crippen LogP) is 2.47. The molecule has 2 N–H and O–H groups in total. The molecular formula is C15H22N4OS. The minimum absolute atomic E-state index is 0.193. The van der Waals surface area contributed by atoms with Gasteiger partial charge in [-0.3, -0.25) is 4.90 Å². The first-order valence-electron chi connectivity index (χ1n) is 7.64. The van der Waals surface area contributed by atoms with Crippen molar-refractivity contribution >= 4 is 27.4 Å². The highest BCUT2D eigenvalue weighted by Crippen LogP contribution is 2.29. The lowest BCUT2D eigenvalue weighted by Crippen LogP contribution is -2.29. The topological polar surface area (TPSA) is 61.3 Å². The fourth-order valence-electron chi connectivity index (χ4n) is 2.49. The Morgan fingerprint density at radius 3 is 3.00 bits per heavy atom. The second-order valence-electron chi connectivity index (χ2n) is 5.48. The van der Waals surface area contributed by atoms with E-state index in [1.54, 1.807) is 11.3 Å². The number of anilines is 1. The Morgan fingerprint density at radius 2 is 2.29 bits per heavy atom. The van der Waals surface area contributed by atoms with Gasteiger partial charge in [0.2, 0.25) is 0 Å². The monoisotopic (exact) mass is 306 g/mol. The van der Waals surface area contributed by atoms with Gasteiger partial charge in [0.1, 0.15) is 16.5 Å². The van der Waals surface area contributed by atoms with Crippen LogP contribution in [0.2, 0.25) is 0 Å². The van der Waals surface area contributed by atoms with Crippen molar-refractivity contribution < 1.29 is 5.11 Å². The van der Waals surface area contributed by atoms with Gasteiger partial charge in [0.15, 0.2) is 0 Å². The maximum atomic E-state index is 9.21. The van der Waals surface area contributed by atoms with Crippen LogP contribution in [0.1, 0.15) is 32.0 Å². The summed E-state index contributed by atoms with van der Waals surface area (Å²) in [7, 11) is 0. The minimum Gasteiger partial charge on any atom is -0.395 e. The molecule has 0 spiro atoms. The molecule has 0 saturated heterocycles. The Kier molecular flexibility index (Phi) is 4.67. The maximum absolute atomic E-state index is 9.21. The quantitative estimate of drug-likeness (QED) is 0.784. The first-order valence-corrected chi connectivity index (χ1v) is 8.52. The summed E-state index contributed by atoms with van der Waals surface area (Å²) in [5.41, 5.74) is 0. The number of fused-ring (bicyclic) bond motifs is 1. The third-order valence-corrected chi connectivity index (χ3v) is 4.52. The number of thiophene rings is 1. The number of nitrogens with one attached hydrogen (secondary N) is 1. The molecule has 6 heteroatoms. The van der Waals surface area contributed by atoms with Gasteiger partial charge in [-0.15, -0.1) is 11.3 Å². The molecule has 0 radical (unpaired) electrons. The van der Waals surface area contributed by atoms with Gasteiger partial charge < -0.3 is 10.4 Å². The number of hydrogen-bond donors (Lipinski definition) is 2. The molecule has 0 amide bonds. The summed E-state index contributed by atoms with van der Waals surface area (Å²) >= 11 is 1.65. The molecular weight excluding hydrogens is 284 g/mol. The van der Waals surface area contributed by atoms with Gasteiger partial charge in [-0.05, 0) is 30.7 Å². The van der Waals surface area contributed by atoms with Crippen molar-refractivity contribution in [3.63, 3.8) is 0 Å². The molecule has 1 saturated carbocycles. The van der Waals surface area contributed by atoms with Crippen LogP contribution in [-0.4, -0.2) is 45.7 Å². The molecule has 3 rings (SSSR count). The second kappa shape index (κ2) is 6.68. The molecule has 0 unspecified atom stereocenters. The van der Waals surface area contributed by atoms with Crippen LogP contribution in [0, 0.1) is 0 Å². The molecule has 5 nitrogen and oxygen atoms in total. The Balaban J connectivity index is 1.83. The summed E-state index contributed by atoms with van der Waals surface area (Å²) in [6, 6.07) is 2.68. The van der Waals surface area contributed by atoms with E-state index >= 15 is 0 Å². The largest absolute Gasteiger partial charge is 0.395 e. The lowest BCUT2D eigenvalue weighted by Gasteiger charge is -2.20. The lowest BCUT2D eigenvalue weighted by molar-refractivity contribution is 0.180. The summed E-state index contributed by atoms with van der Waals surface area (Å²) in [5.74, 6) is 1.79. The van der Waals surface area contributed by atoms with Crippen LogP contribution in [0.5, 0.6) is 0 Å². The molecule has 1 aliphatic rings. The molecule has 0 bridgehead atoms. The molecule has 2 aromatic heterocycles. The normalized spacial score (nSPS) is 15.0. The SMILES string of the molecule is CCCNc1nc(CN(CCO)C2CC2)nc2sccc12. The number of aromatic nitrogens is 2. The Hall–Kier alpha value is -1.24. The first-order chi connectivity index (χ1) is 10.3. The van der Waals surface area contributed by atoms with Crippen LogP contribution in [0.15, 0.2) is 11.4 Å². The van der Waals surface area contributed by atoms with Crippen molar-refractivity contribution in [3.05, 3.63) is 17.3 Å². The van der Waals surface area contributed by atoms with Crippen molar-refractivity contribution in [3.8, 4) is 0 Å². The van der Waals surface area contributed by atoms with Crippen molar-refractivity contribution in [2.75, 3.05) is 25.0 Å². The summed E-state index contributed by atoms with van der Waals surface area (Å²) < 4.78 is 0. The van der Waals surface area contributed by atoms with E-state index in [9.17, 15) is 5.11 Å². The zero-order valence-electron chi connectivity index (χ0n) is 12.4. The number of aliphatic hydroxyl groups is 1. The molecule has 2 aromatic rings. The third kappa shape index (κ3) is 3.51. The Morgan fingerprint density at radius 1 is 1.43 bits per heavy atom. The van der Waals surface area contributed by atoms with Gasteiger partial charge in [-0.1, -0.05) is 6.92 Å². The van der Waals surface area contributed by atoms with E-state index in [-0.39, 0.29) is 6.61 Å². The zero-order chi connectivity index (χ0) is 14.7. The van der Waals surface area contributed by atoms with E-state index in [1.807, 2.05) is 0 Å². The van der Waals surface area contributed by atoms with E-state index in [4.69, 9.17) is 4.98 Å². The first kappa shape index (κ1) is 14.7. The molecule has 114 valence electrons. The van der Waals surface area contributed by atoms with Gasteiger partial charge in [0, 0.05) is 19.1 Å². The fraction of sp³-hybridized carbons (Fsp3) is 0.600. The second-order valence-corrected chi connectivity index (χ2v) is 6.37. The standard InChI is InChI=1S/C15H22N4OS/c1-2-6-16-14-12-5-9-21-15(12)18-13(17-14)10-19(7-8-20)11-3-4-11/h5,9,11,20H,2-4,6-8,10H2,1H3,(H,16,17,18). The summed E-state index contributed by atoms with van der Waals surface area (Å²) in [6.07, 6.45) is 3.52. The molecule has 21 heavy (non-hydrogen) atoms. The molecule has 2 heterocycles. The number of aliphatic hydroxyl groups excluding tert-OH is 1. The van der Waals surface area contributed by atoms with Crippen LogP contribution < -0.4 is 5.32 Å². The van der Waals surface area contributed by atoms with Crippen LogP contribution in [0.4, 0.5) is 5.82 Å². The smallest absolute Gasteiger partial charge is 0.146 e. The lowest BCUT2D eigenvalue weighted by atomic mass is 10.3. The van der Waals surface area contributed by atoms with E-state index in [0.717, 1.165) is 41.4 Å². The van der Waals surface area contributed by atoms with E-state index < -0.39 is 0 Å². The average Bonchev–Trinajstić information content (AvgIpc) is 3.22. The number of nitrogens with zero attached hydrogens (tertiary/aromatic N) is 3. The fourth-order valence-corrected chi connectivity index (χ4v) is 3.27. The van der Waals surface area contributed by atoms with E-state index in [2.05, 4.69) is 33.6 Å². The van der Waals surface area contributed by atoms with Gasteiger partial charge in [-0.2, -0.15) is 0 Å². The third-order valence-electron chi connectivity index (χ3n) is 3.71. The highest BCUT2D eigenvalue weighted by atomic mass is 32.1. The van der Waals surface area contributed by atoms with Crippen LogP contribution >= 0.6 is 11.3 Å². The highest BCUT2D eigenvalue weighted by molar-refractivity contribution is 7.16. The van der Waals surface area contributed by atoms with E-state index in [0.29, 0.717) is 12.6 Å². The van der Waals surface area contributed by atoms with Crippen molar-refractivity contribution in [2.24, 2.45) is 0 Å². The van der Waals surface area contributed by atoms with Gasteiger partial charge in [0.05, 0.1) is 18.5 Å². The highest BCUT2D eigenvalue weighted by Gasteiger charge is 2.29. The minimum atomic E-state index is 0.193. The van der Waals surface area contributed by atoms with E-state index in [1.165, 1.54) is 12.8 Å². The van der Waals surface area contributed by atoms with Gasteiger partial charge in [0.25, 0.3) is 0 Å². The number of hydrogen-bond acceptors (Lipinski definition) is 6. The molecule has 1 fully saturated rings. The Bertz CT molecular complexity index is 596. The van der Waals surface area contributed by atoms with Crippen molar-refractivity contribution in [1.82, 2.24) is 14.9 Å². The van der Waals surface area contributed by atoms with Crippen LogP contribution in [0.3, 0.4) is 0 Å². The number of rotatable bonds is 8. The summed E-state index contributed by atoms with van der Waals surface area (Å²) in [5, 5.41) is 15.8. The zero-order valence-corrected chi connectivity index (χ0v) is 13.2. The van der Waals surface area contributed by atoms with Crippen molar-refractivity contribution in [1.29, 1.82) is 0 Å². The molecule has 1 aliphatic carbocycles. The summed E-state index contributed by atoms with van der Waals surface area (Å²) in [6.45, 7) is 4.69. The maximum Gasteiger partial charge on any atom is 0.146 e.